The second kappa shape index (κ2) is 8.45. The fraction of sp³-hybridized carbons (Fsp3) is 0.273. The molecular weight excluding hydrogens is 427 g/mol. The third kappa shape index (κ3) is 3.72. The molecule has 0 radical (unpaired) electrons. The average molecular weight is 447 g/mol. The van der Waals surface area contributed by atoms with Gasteiger partial charge in [-0.3, -0.25) is 19.7 Å². The fourth-order valence-electron chi connectivity index (χ4n) is 3.87. The van der Waals surface area contributed by atoms with E-state index in [0.29, 0.717) is 11.6 Å². The number of rotatable bonds is 5. The third-order valence-electron chi connectivity index (χ3n) is 5.81. The summed E-state index contributed by atoms with van der Waals surface area (Å²) in [5.74, 6) is -4.49. The maximum absolute atomic E-state index is 14.4. The SMILES string of the molecule is CCC1(Cc2ccc(F)cc2)C(=O)N(C)/C(=C/c2c([N+](=O)[O-])ccc(F)c2F)C(=O)N1C. The van der Waals surface area contributed by atoms with E-state index in [-0.39, 0.29) is 18.5 Å². The molecule has 7 nitrogen and oxygen atoms in total. The Morgan fingerprint density at radius 2 is 1.69 bits per heavy atom. The Morgan fingerprint density at radius 3 is 2.25 bits per heavy atom. The van der Waals surface area contributed by atoms with Gasteiger partial charge in [-0.15, -0.1) is 0 Å². The van der Waals surface area contributed by atoms with E-state index in [1.807, 2.05) is 0 Å². The normalized spacial score (nSPS) is 20.2. The number of carbonyl (C=O) groups is 2. The number of amides is 2. The van der Waals surface area contributed by atoms with Gasteiger partial charge in [-0.2, -0.15) is 0 Å². The van der Waals surface area contributed by atoms with Gasteiger partial charge in [0, 0.05) is 26.6 Å². The highest BCUT2D eigenvalue weighted by atomic mass is 19.2. The number of hydrogen-bond donors (Lipinski definition) is 0. The van der Waals surface area contributed by atoms with E-state index in [4.69, 9.17) is 0 Å². The number of likely N-dealkylation sites (N-methyl/N-ethyl adjacent to an activating group) is 2. The highest BCUT2D eigenvalue weighted by Crippen LogP contribution is 2.35. The van der Waals surface area contributed by atoms with Crippen LogP contribution in [0.25, 0.3) is 6.08 Å². The number of nitro groups is 1. The molecule has 168 valence electrons. The predicted octanol–water partition coefficient (Wildman–Crippen LogP) is 3.67. The molecule has 0 bridgehead atoms. The van der Waals surface area contributed by atoms with E-state index in [1.165, 1.54) is 43.3 Å². The van der Waals surface area contributed by atoms with Crippen LogP contribution in [-0.4, -0.2) is 46.2 Å². The Kier molecular flexibility index (Phi) is 6.07. The maximum atomic E-state index is 14.4. The van der Waals surface area contributed by atoms with Gasteiger partial charge in [0.1, 0.15) is 17.1 Å². The Morgan fingerprint density at radius 1 is 1.06 bits per heavy atom. The number of piperazine rings is 1. The number of hydrogen-bond acceptors (Lipinski definition) is 4. The van der Waals surface area contributed by atoms with E-state index in [1.54, 1.807) is 6.92 Å². The Balaban J connectivity index is 2.09. The number of nitrogens with zero attached hydrogens (tertiary/aromatic N) is 3. The van der Waals surface area contributed by atoms with Crippen molar-refractivity contribution in [3.05, 3.63) is 80.8 Å². The molecule has 3 rings (SSSR count). The highest BCUT2D eigenvalue weighted by Gasteiger charge is 2.51. The van der Waals surface area contributed by atoms with Crippen LogP contribution in [0.5, 0.6) is 0 Å². The number of carbonyl (C=O) groups excluding carboxylic acids is 2. The van der Waals surface area contributed by atoms with E-state index in [2.05, 4.69) is 0 Å². The van der Waals surface area contributed by atoms with Crippen LogP contribution < -0.4 is 0 Å². The van der Waals surface area contributed by atoms with Gasteiger partial charge in [0.2, 0.25) is 0 Å². The minimum atomic E-state index is -1.50. The van der Waals surface area contributed by atoms with Crippen LogP contribution >= 0.6 is 0 Å². The zero-order valence-corrected chi connectivity index (χ0v) is 17.6. The topological polar surface area (TPSA) is 83.8 Å². The summed E-state index contributed by atoms with van der Waals surface area (Å²) in [4.78, 5) is 39.1. The van der Waals surface area contributed by atoms with Crippen LogP contribution in [0.3, 0.4) is 0 Å². The standard InChI is InChI=1S/C22H20F3N3O4/c1-4-22(12-13-5-7-14(23)8-6-13)21(30)26(2)18(20(29)27(22)3)11-15-17(28(31)32)10-9-16(24)19(15)25/h5-11H,4,12H2,1-3H3/b18-11+. The van der Waals surface area contributed by atoms with Crippen molar-refractivity contribution >= 4 is 23.6 Å². The second-order valence-electron chi connectivity index (χ2n) is 7.50. The molecule has 1 unspecified atom stereocenters. The lowest BCUT2D eigenvalue weighted by Crippen LogP contribution is -2.65. The van der Waals surface area contributed by atoms with E-state index >= 15 is 0 Å². The number of benzene rings is 2. The van der Waals surface area contributed by atoms with Crippen molar-refractivity contribution in [3.63, 3.8) is 0 Å². The lowest BCUT2D eigenvalue weighted by molar-refractivity contribution is -0.385. The summed E-state index contributed by atoms with van der Waals surface area (Å²) in [6, 6.07) is 6.91. The van der Waals surface area contributed by atoms with Crippen LogP contribution in [0, 0.1) is 27.6 Å². The fourth-order valence-corrected chi connectivity index (χ4v) is 3.87. The molecule has 10 heteroatoms. The molecule has 1 saturated heterocycles. The summed E-state index contributed by atoms with van der Waals surface area (Å²) in [5, 5.41) is 11.3. The van der Waals surface area contributed by atoms with Gasteiger partial charge in [0.15, 0.2) is 11.6 Å². The first-order valence-electron chi connectivity index (χ1n) is 9.68. The van der Waals surface area contributed by atoms with Gasteiger partial charge in [-0.1, -0.05) is 19.1 Å². The molecule has 0 aliphatic carbocycles. The zero-order chi connectivity index (χ0) is 23.8. The summed E-state index contributed by atoms with van der Waals surface area (Å²) < 4.78 is 41.4. The van der Waals surface area contributed by atoms with Gasteiger partial charge >= 0.3 is 0 Å². The summed E-state index contributed by atoms with van der Waals surface area (Å²) >= 11 is 0. The van der Waals surface area contributed by atoms with Crippen molar-refractivity contribution in [2.45, 2.75) is 25.3 Å². The Labute approximate surface area is 181 Å². The van der Waals surface area contributed by atoms with Gasteiger partial charge in [0.05, 0.1) is 10.5 Å². The lowest BCUT2D eigenvalue weighted by Gasteiger charge is -2.47. The van der Waals surface area contributed by atoms with Crippen LogP contribution in [-0.2, 0) is 16.0 Å². The molecule has 1 aliphatic rings. The molecule has 1 heterocycles. The van der Waals surface area contributed by atoms with Crippen molar-refractivity contribution in [3.8, 4) is 0 Å². The second-order valence-corrected chi connectivity index (χ2v) is 7.50. The largest absolute Gasteiger partial charge is 0.325 e. The zero-order valence-electron chi connectivity index (χ0n) is 17.6. The molecule has 2 aromatic carbocycles. The molecule has 1 fully saturated rings. The van der Waals surface area contributed by atoms with Crippen LogP contribution in [0.1, 0.15) is 24.5 Å². The monoisotopic (exact) mass is 447 g/mol. The molecule has 0 saturated carbocycles. The molecule has 2 aromatic rings. The highest BCUT2D eigenvalue weighted by molar-refractivity contribution is 6.09. The molecule has 1 atom stereocenters. The number of nitro benzene ring substituents is 1. The average Bonchev–Trinajstić information content (AvgIpc) is 2.77. The van der Waals surface area contributed by atoms with E-state index in [9.17, 15) is 32.9 Å². The molecule has 1 aliphatic heterocycles. The maximum Gasteiger partial charge on any atom is 0.279 e. The van der Waals surface area contributed by atoms with Crippen molar-refractivity contribution in [1.29, 1.82) is 0 Å². The molecule has 2 amide bonds. The van der Waals surface area contributed by atoms with Crippen molar-refractivity contribution < 1.29 is 27.7 Å². The molecular formula is C22H20F3N3O4. The van der Waals surface area contributed by atoms with Crippen molar-refractivity contribution in [2.24, 2.45) is 0 Å². The Hall–Kier alpha value is -3.69. The van der Waals surface area contributed by atoms with E-state index < -0.39 is 51.0 Å². The lowest BCUT2D eigenvalue weighted by atomic mass is 9.82. The smallest absolute Gasteiger partial charge is 0.279 e. The molecule has 32 heavy (non-hydrogen) atoms. The van der Waals surface area contributed by atoms with Crippen LogP contribution in [0.15, 0.2) is 42.1 Å². The van der Waals surface area contributed by atoms with Crippen LogP contribution in [0.4, 0.5) is 18.9 Å². The van der Waals surface area contributed by atoms with Gasteiger partial charge < -0.3 is 9.80 Å². The summed E-state index contributed by atoms with van der Waals surface area (Å²) in [6.07, 6.45) is 1.12. The van der Waals surface area contributed by atoms with Gasteiger partial charge in [-0.25, -0.2) is 13.2 Å². The molecule has 0 spiro atoms. The van der Waals surface area contributed by atoms with Crippen molar-refractivity contribution in [1.82, 2.24) is 9.80 Å². The summed E-state index contributed by atoms with van der Waals surface area (Å²) in [6.45, 7) is 1.71. The Bertz CT molecular complexity index is 1130. The minimum absolute atomic E-state index is 0.0942. The quantitative estimate of drug-likeness (QED) is 0.398. The summed E-state index contributed by atoms with van der Waals surface area (Å²) in [7, 11) is 2.68. The molecule has 0 aromatic heterocycles. The third-order valence-corrected chi connectivity index (χ3v) is 5.81. The van der Waals surface area contributed by atoms with Crippen molar-refractivity contribution in [2.75, 3.05) is 14.1 Å². The van der Waals surface area contributed by atoms with Gasteiger partial charge in [-0.05, 0) is 36.3 Å². The van der Waals surface area contributed by atoms with Crippen LogP contribution in [0.2, 0.25) is 0 Å². The first-order chi connectivity index (χ1) is 15.0. The number of halogens is 3. The molecule has 0 N–H and O–H groups in total. The minimum Gasteiger partial charge on any atom is -0.325 e. The summed E-state index contributed by atoms with van der Waals surface area (Å²) in [5.41, 5.74) is -2.52. The van der Waals surface area contributed by atoms with E-state index in [0.717, 1.165) is 17.0 Å². The van der Waals surface area contributed by atoms with Gasteiger partial charge in [0.25, 0.3) is 17.5 Å². The predicted molar refractivity (Wildman–Crippen MR) is 110 cm³/mol. The first kappa shape index (κ1) is 23.0. The first-order valence-corrected chi connectivity index (χ1v) is 9.68.